The van der Waals surface area contributed by atoms with Crippen molar-refractivity contribution in [3.05, 3.63) is 68.5 Å². The third-order valence-corrected chi connectivity index (χ3v) is 8.30. The van der Waals surface area contributed by atoms with Gasteiger partial charge in [0.2, 0.25) is 0 Å². The van der Waals surface area contributed by atoms with Crippen molar-refractivity contribution in [1.29, 1.82) is 0 Å². The molecule has 0 spiro atoms. The molecule has 3 heterocycles. The summed E-state index contributed by atoms with van der Waals surface area (Å²) in [6.07, 6.45) is 1.74. The van der Waals surface area contributed by atoms with Crippen LogP contribution in [0.5, 0.6) is 0 Å². The molecular formula is C25H24Cl2N4OS. The second kappa shape index (κ2) is 8.12. The lowest BCUT2D eigenvalue weighted by molar-refractivity contribution is 0.0595. The van der Waals surface area contributed by atoms with Gasteiger partial charge < -0.3 is 9.47 Å². The van der Waals surface area contributed by atoms with Crippen molar-refractivity contribution < 1.29 is 4.79 Å². The average molecular weight is 499 g/mol. The SMILES string of the molecule is Cc1nc(C(=O)N2CCCC2(C)c2nc3c(C)c(Cl)ccc3n2C)c(-c2cccc(Cl)c2)s1. The number of carbonyl (C=O) groups is 1. The van der Waals surface area contributed by atoms with Crippen molar-refractivity contribution >= 4 is 51.5 Å². The molecule has 0 N–H and O–H groups in total. The number of likely N-dealkylation sites (tertiary alicyclic amines) is 1. The normalized spacial score (nSPS) is 18.4. The lowest BCUT2D eigenvalue weighted by Gasteiger charge is -2.34. The molecule has 1 aliphatic heterocycles. The van der Waals surface area contributed by atoms with E-state index in [1.54, 1.807) is 0 Å². The molecule has 0 saturated carbocycles. The zero-order valence-electron chi connectivity index (χ0n) is 18.9. The van der Waals surface area contributed by atoms with Crippen molar-refractivity contribution in [2.45, 2.75) is 39.2 Å². The van der Waals surface area contributed by atoms with Gasteiger partial charge in [0.25, 0.3) is 5.91 Å². The highest BCUT2D eigenvalue weighted by molar-refractivity contribution is 7.15. The summed E-state index contributed by atoms with van der Waals surface area (Å²) in [4.78, 5) is 26.4. The Labute approximate surface area is 207 Å². The van der Waals surface area contributed by atoms with Gasteiger partial charge in [-0.25, -0.2) is 9.97 Å². The van der Waals surface area contributed by atoms with Gasteiger partial charge in [-0.1, -0.05) is 35.3 Å². The summed E-state index contributed by atoms with van der Waals surface area (Å²) in [7, 11) is 2.01. The van der Waals surface area contributed by atoms with E-state index in [0.29, 0.717) is 22.3 Å². The molecule has 1 unspecified atom stereocenters. The Balaban J connectivity index is 1.60. The number of aryl methyl sites for hydroxylation is 3. The summed E-state index contributed by atoms with van der Waals surface area (Å²) >= 11 is 14.1. The second-order valence-electron chi connectivity index (χ2n) is 8.79. The van der Waals surface area contributed by atoms with Crippen molar-refractivity contribution in [3.63, 3.8) is 0 Å². The molecule has 1 atom stereocenters. The van der Waals surface area contributed by atoms with Crippen LogP contribution in [-0.4, -0.2) is 31.9 Å². The first kappa shape index (κ1) is 22.4. The van der Waals surface area contributed by atoms with Crippen LogP contribution in [0.4, 0.5) is 0 Å². The van der Waals surface area contributed by atoms with E-state index >= 15 is 0 Å². The van der Waals surface area contributed by atoms with E-state index in [1.807, 2.05) is 62.2 Å². The number of carbonyl (C=O) groups excluding carboxylic acids is 1. The molecule has 1 aliphatic rings. The Kier molecular flexibility index (Phi) is 5.51. The van der Waals surface area contributed by atoms with E-state index in [0.717, 1.165) is 50.7 Å². The first-order valence-corrected chi connectivity index (χ1v) is 12.5. The summed E-state index contributed by atoms with van der Waals surface area (Å²) in [5.74, 6) is 0.793. The first-order valence-electron chi connectivity index (χ1n) is 10.9. The minimum atomic E-state index is -0.549. The minimum absolute atomic E-state index is 0.0730. The minimum Gasteiger partial charge on any atom is -0.329 e. The molecule has 2 aromatic heterocycles. The Morgan fingerprint density at radius 2 is 1.94 bits per heavy atom. The quantitative estimate of drug-likeness (QED) is 0.313. The smallest absolute Gasteiger partial charge is 0.274 e. The molecule has 1 saturated heterocycles. The summed E-state index contributed by atoms with van der Waals surface area (Å²) < 4.78 is 2.09. The second-order valence-corrected chi connectivity index (χ2v) is 10.8. The lowest BCUT2D eigenvalue weighted by atomic mass is 9.97. The van der Waals surface area contributed by atoms with Crippen molar-refractivity contribution in [3.8, 4) is 10.4 Å². The Bertz CT molecular complexity index is 1410. The molecule has 33 heavy (non-hydrogen) atoms. The van der Waals surface area contributed by atoms with Crippen LogP contribution in [0.15, 0.2) is 36.4 Å². The number of halogens is 2. The molecule has 4 aromatic rings. The van der Waals surface area contributed by atoms with Gasteiger partial charge in [-0.2, -0.15) is 0 Å². The first-order chi connectivity index (χ1) is 15.7. The third-order valence-electron chi connectivity index (χ3n) is 6.63. The number of hydrogen-bond acceptors (Lipinski definition) is 4. The van der Waals surface area contributed by atoms with Crippen molar-refractivity contribution in [1.82, 2.24) is 19.4 Å². The highest BCUT2D eigenvalue weighted by Crippen LogP contribution is 2.42. The maximum atomic E-state index is 14.0. The van der Waals surface area contributed by atoms with Gasteiger partial charge in [0.15, 0.2) is 0 Å². The maximum absolute atomic E-state index is 14.0. The van der Waals surface area contributed by atoms with Crippen LogP contribution in [0.25, 0.3) is 21.5 Å². The highest BCUT2D eigenvalue weighted by Gasteiger charge is 2.45. The standard InChI is InChI=1S/C25H24Cl2N4OS/c1-14-18(27)9-10-19-20(14)29-24(30(19)4)25(3)11-6-12-31(25)23(32)21-22(33-15(2)28-21)16-7-5-8-17(26)13-16/h5,7-10,13H,6,11-12H2,1-4H3. The zero-order valence-corrected chi connectivity index (χ0v) is 21.3. The predicted octanol–water partition coefficient (Wildman–Crippen LogP) is 6.77. The molecular weight excluding hydrogens is 475 g/mol. The number of nitrogens with zero attached hydrogens (tertiary/aromatic N) is 4. The van der Waals surface area contributed by atoms with Gasteiger partial charge in [0, 0.05) is 23.6 Å². The fraction of sp³-hybridized carbons (Fsp3) is 0.320. The van der Waals surface area contributed by atoms with Crippen LogP contribution in [0, 0.1) is 13.8 Å². The van der Waals surface area contributed by atoms with E-state index in [-0.39, 0.29) is 5.91 Å². The zero-order chi connectivity index (χ0) is 23.5. The number of amides is 1. The summed E-state index contributed by atoms with van der Waals surface area (Å²) in [6, 6.07) is 11.5. The van der Waals surface area contributed by atoms with Crippen molar-refractivity contribution in [2.75, 3.05) is 6.54 Å². The molecule has 0 bridgehead atoms. The summed E-state index contributed by atoms with van der Waals surface area (Å²) in [5.41, 5.74) is 3.68. The Morgan fingerprint density at radius 1 is 1.15 bits per heavy atom. The van der Waals surface area contributed by atoms with Crippen LogP contribution in [0.2, 0.25) is 10.0 Å². The van der Waals surface area contributed by atoms with E-state index in [9.17, 15) is 4.79 Å². The predicted molar refractivity (Wildman–Crippen MR) is 135 cm³/mol. The molecule has 2 aromatic carbocycles. The van der Waals surface area contributed by atoms with E-state index in [1.165, 1.54) is 11.3 Å². The highest BCUT2D eigenvalue weighted by atomic mass is 35.5. The van der Waals surface area contributed by atoms with Crippen LogP contribution in [0.3, 0.4) is 0 Å². The van der Waals surface area contributed by atoms with Crippen LogP contribution in [0.1, 0.15) is 46.6 Å². The van der Waals surface area contributed by atoms with E-state index in [2.05, 4.69) is 16.5 Å². The van der Waals surface area contributed by atoms with Crippen LogP contribution >= 0.6 is 34.5 Å². The molecule has 0 aliphatic carbocycles. The number of fused-ring (bicyclic) bond motifs is 1. The molecule has 1 fully saturated rings. The lowest BCUT2D eigenvalue weighted by Crippen LogP contribution is -2.44. The van der Waals surface area contributed by atoms with E-state index < -0.39 is 5.54 Å². The number of rotatable bonds is 3. The largest absolute Gasteiger partial charge is 0.329 e. The van der Waals surface area contributed by atoms with Crippen LogP contribution in [-0.2, 0) is 12.6 Å². The number of benzene rings is 2. The van der Waals surface area contributed by atoms with Gasteiger partial charge in [-0.15, -0.1) is 11.3 Å². The molecule has 170 valence electrons. The summed E-state index contributed by atoms with van der Waals surface area (Å²) in [5, 5.41) is 2.18. The van der Waals surface area contributed by atoms with Gasteiger partial charge in [0.05, 0.1) is 26.5 Å². The fourth-order valence-corrected chi connectivity index (χ4v) is 6.15. The maximum Gasteiger partial charge on any atom is 0.274 e. The molecule has 5 nitrogen and oxygen atoms in total. The molecule has 8 heteroatoms. The number of thiazole rings is 1. The summed E-state index contributed by atoms with van der Waals surface area (Å²) in [6.45, 7) is 6.67. The average Bonchev–Trinajstić information content (AvgIpc) is 3.46. The Hall–Kier alpha value is -2.41. The monoisotopic (exact) mass is 498 g/mol. The number of aromatic nitrogens is 3. The topological polar surface area (TPSA) is 51.0 Å². The number of imidazole rings is 1. The van der Waals surface area contributed by atoms with Gasteiger partial charge in [-0.05, 0) is 69.0 Å². The Morgan fingerprint density at radius 3 is 2.70 bits per heavy atom. The van der Waals surface area contributed by atoms with Gasteiger partial charge in [0.1, 0.15) is 11.5 Å². The van der Waals surface area contributed by atoms with E-state index in [4.69, 9.17) is 28.2 Å². The fourth-order valence-electron chi connectivity index (χ4n) is 4.90. The number of hydrogen-bond donors (Lipinski definition) is 0. The molecule has 0 radical (unpaired) electrons. The molecule has 5 rings (SSSR count). The van der Waals surface area contributed by atoms with Gasteiger partial charge >= 0.3 is 0 Å². The van der Waals surface area contributed by atoms with Gasteiger partial charge in [-0.3, -0.25) is 4.79 Å². The third kappa shape index (κ3) is 3.56. The van der Waals surface area contributed by atoms with Crippen molar-refractivity contribution in [2.24, 2.45) is 7.05 Å². The molecule has 1 amide bonds. The van der Waals surface area contributed by atoms with Crippen LogP contribution < -0.4 is 0 Å².